The molecular weight excluding hydrogens is 318 g/mol. The third kappa shape index (κ3) is 1.90. The van der Waals surface area contributed by atoms with E-state index in [4.69, 9.17) is 55.9 Å². The van der Waals surface area contributed by atoms with Crippen molar-refractivity contribution in [3.05, 3.63) is 44.4 Å². The van der Waals surface area contributed by atoms with Crippen LogP contribution in [-0.2, 0) is 0 Å². The highest BCUT2D eigenvalue weighted by Crippen LogP contribution is 2.52. The summed E-state index contributed by atoms with van der Waals surface area (Å²) in [4.78, 5) is 0. The van der Waals surface area contributed by atoms with Crippen LogP contribution < -0.4 is 9.47 Å². The van der Waals surface area contributed by atoms with Crippen LogP contribution in [0.1, 0.15) is 0 Å². The summed E-state index contributed by atoms with van der Waals surface area (Å²) in [7, 11) is 0. The van der Waals surface area contributed by atoms with Gasteiger partial charge in [-0.3, -0.25) is 0 Å². The molecule has 2 aromatic rings. The largest absolute Gasteiger partial charge is 0.449 e. The lowest BCUT2D eigenvalue weighted by molar-refractivity contribution is 0.360. The summed E-state index contributed by atoms with van der Waals surface area (Å²) >= 11 is 23.8. The molecular formula is C12H4Cl4O2. The Morgan fingerprint density at radius 1 is 0.722 bits per heavy atom. The van der Waals surface area contributed by atoms with Gasteiger partial charge in [-0.15, -0.1) is 0 Å². The van der Waals surface area contributed by atoms with Gasteiger partial charge in [-0.2, -0.15) is 0 Å². The summed E-state index contributed by atoms with van der Waals surface area (Å²) in [6, 6.07) is 6.59. The van der Waals surface area contributed by atoms with E-state index in [1.165, 1.54) is 0 Å². The zero-order valence-electron chi connectivity index (χ0n) is 8.64. The van der Waals surface area contributed by atoms with Crippen molar-refractivity contribution in [3.63, 3.8) is 0 Å². The Balaban J connectivity index is 2.16. The zero-order valence-corrected chi connectivity index (χ0v) is 11.7. The number of hydrogen-bond donors (Lipinski definition) is 0. The van der Waals surface area contributed by atoms with Gasteiger partial charge in [0.15, 0.2) is 23.0 Å². The Morgan fingerprint density at radius 3 is 2.28 bits per heavy atom. The average Bonchev–Trinajstić information content (AvgIpc) is 2.34. The summed E-state index contributed by atoms with van der Waals surface area (Å²) in [5, 5.41) is 1.30. The lowest BCUT2D eigenvalue weighted by Crippen LogP contribution is -1.99. The van der Waals surface area contributed by atoms with Crippen molar-refractivity contribution < 1.29 is 9.47 Å². The van der Waals surface area contributed by atoms with Gasteiger partial charge in [0.05, 0.1) is 10.0 Å². The van der Waals surface area contributed by atoms with E-state index in [9.17, 15) is 0 Å². The summed E-state index contributed by atoms with van der Waals surface area (Å²) in [5.74, 6) is 1.78. The first-order valence-electron chi connectivity index (χ1n) is 4.89. The topological polar surface area (TPSA) is 18.5 Å². The van der Waals surface area contributed by atoms with Gasteiger partial charge in [0.1, 0.15) is 5.02 Å². The molecule has 2 aromatic carbocycles. The molecule has 92 valence electrons. The van der Waals surface area contributed by atoms with Crippen LogP contribution in [0.3, 0.4) is 0 Å². The standard InChI is InChI=1S/C12H4Cl4O2/c13-5-1-2-7-8(3-5)17-9-4-6(14)10(15)11(16)12(9)18-7/h1-4H. The fourth-order valence-corrected chi connectivity index (χ4v) is 2.38. The van der Waals surface area contributed by atoms with E-state index in [-0.39, 0.29) is 10.0 Å². The van der Waals surface area contributed by atoms with Gasteiger partial charge >= 0.3 is 0 Å². The first-order chi connectivity index (χ1) is 8.56. The van der Waals surface area contributed by atoms with Crippen molar-refractivity contribution in [1.82, 2.24) is 0 Å². The number of rotatable bonds is 0. The second kappa shape index (κ2) is 4.39. The molecule has 0 N–H and O–H groups in total. The molecule has 0 unspecified atom stereocenters. The molecule has 0 amide bonds. The predicted octanol–water partition coefficient (Wildman–Crippen LogP) is 6.20. The Kier molecular flexibility index (Phi) is 2.99. The minimum absolute atomic E-state index is 0.222. The maximum absolute atomic E-state index is 6.07. The van der Waals surface area contributed by atoms with E-state index in [2.05, 4.69) is 0 Å². The van der Waals surface area contributed by atoms with Gasteiger partial charge in [-0.05, 0) is 12.1 Å². The number of hydrogen-bond acceptors (Lipinski definition) is 2. The number of ether oxygens (including phenoxy) is 2. The SMILES string of the molecule is Clc1ccc2c(c1)Oc1cc(Cl)c(Cl)c(Cl)c1O2. The second-order valence-electron chi connectivity index (χ2n) is 3.61. The van der Waals surface area contributed by atoms with E-state index in [1.54, 1.807) is 24.3 Å². The molecule has 0 aliphatic carbocycles. The van der Waals surface area contributed by atoms with Crippen LogP contribution >= 0.6 is 46.4 Å². The van der Waals surface area contributed by atoms with Crippen LogP contribution in [0.25, 0.3) is 0 Å². The Hall–Kier alpha value is -0.800. The van der Waals surface area contributed by atoms with Crippen molar-refractivity contribution in [1.29, 1.82) is 0 Å². The van der Waals surface area contributed by atoms with Gasteiger partial charge in [-0.25, -0.2) is 0 Å². The van der Waals surface area contributed by atoms with E-state index in [0.717, 1.165) is 0 Å². The van der Waals surface area contributed by atoms with Gasteiger partial charge in [-0.1, -0.05) is 46.4 Å². The molecule has 0 bridgehead atoms. The van der Waals surface area contributed by atoms with Crippen molar-refractivity contribution in [2.24, 2.45) is 0 Å². The molecule has 18 heavy (non-hydrogen) atoms. The Labute approximate surface area is 123 Å². The number of halogens is 4. The van der Waals surface area contributed by atoms with Crippen molar-refractivity contribution in [2.75, 3.05) is 0 Å². The molecule has 0 fully saturated rings. The third-order valence-electron chi connectivity index (χ3n) is 2.42. The first kappa shape index (κ1) is 12.2. The van der Waals surface area contributed by atoms with Crippen molar-refractivity contribution >= 4 is 46.4 Å². The van der Waals surface area contributed by atoms with Gasteiger partial charge < -0.3 is 9.47 Å². The quantitative estimate of drug-likeness (QED) is 0.459. The zero-order chi connectivity index (χ0) is 12.9. The average molecular weight is 322 g/mol. The molecule has 0 radical (unpaired) electrons. The van der Waals surface area contributed by atoms with Crippen LogP contribution in [0, 0.1) is 0 Å². The molecule has 0 saturated heterocycles. The van der Waals surface area contributed by atoms with E-state index >= 15 is 0 Å². The van der Waals surface area contributed by atoms with E-state index in [0.29, 0.717) is 33.0 Å². The Morgan fingerprint density at radius 2 is 1.50 bits per heavy atom. The maximum atomic E-state index is 6.07. The summed E-state index contributed by atoms with van der Waals surface area (Å²) < 4.78 is 11.3. The minimum Gasteiger partial charge on any atom is -0.449 e. The molecule has 1 aliphatic rings. The van der Waals surface area contributed by atoms with E-state index in [1.807, 2.05) is 0 Å². The van der Waals surface area contributed by atoms with Crippen LogP contribution in [0.4, 0.5) is 0 Å². The smallest absolute Gasteiger partial charge is 0.190 e. The molecule has 1 aliphatic heterocycles. The Bertz CT molecular complexity index is 655. The monoisotopic (exact) mass is 320 g/mol. The number of fused-ring (bicyclic) bond motifs is 2. The van der Waals surface area contributed by atoms with E-state index < -0.39 is 0 Å². The molecule has 2 nitrogen and oxygen atoms in total. The molecule has 3 rings (SSSR count). The lowest BCUT2D eigenvalue weighted by atomic mass is 10.2. The van der Waals surface area contributed by atoms with Crippen LogP contribution in [-0.4, -0.2) is 0 Å². The van der Waals surface area contributed by atoms with Crippen LogP contribution in [0.5, 0.6) is 23.0 Å². The highest BCUT2D eigenvalue weighted by atomic mass is 35.5. The highest BCUT2D eigenvalue weighted by Gasteiger charge is 2.24. The van der Waals surface area contributed by atoms with Crippen LogP contribution in [0.15, 0.2) is 24.3 Å². The molecule has 0 spiro atoms. The fourth-order valence-electron chi connectivity index (χ4n) is 1.60. The summed E-state index contributed by atoms with van der Waals surface area (Å²) in [5.41, 5.74) is 0. The first-order valence-corrected chi connectivity index (χ1v) is 6.40. The maximum Gasteiger partial charge on any atom is 0.190 e. The van der Waals surface area contributed by atoms with Gasteiger partial charge in [0.2, 0.25) is 0 Å². The van der Waals surface area contributed by atoms with Crippen molar-refractivity contribution in [2.45, 2.75) is 0 Å². The third-order valence-corrected chi connectivity index (χ3v) is 3.90. The summed E-state index contributed by atoms with van der Waals surface area (Å²) in [6.45, 7) is 0. The molecule has 6 heteroatoms. The second-order valence-corrected chi connectivity index (χ2v) is 5.21. The van der Waals surface area contributed by atoms with Gasteiger partial charge in [0, 0.05) is 17.2 Å². The van der Waals surface area contributed by atoms with Crippen molar-refractivity contribution in [3.8, 4) is 23.0 Å². The fraction of sp³-hybridized carbons (Fsp3) is 0. The van der Waals surface area contributed by atoms with Gasteiger partial charge in [0.25, 0.3) is 0 Å². The lowest BCUT2D eigenvalue weighted by Gasteiger charge is -2.22. The summed E-state index contributed by atoms with van der Waals surface area (Å²) in [6.07, 6.45) is 0. The molecule has 1 heterocycles. The predicted molar refractivity (Wildman–Crippen MR) is 73.1 cm³/mol. The highest BCUT2D eigenvalue weighted by molar-refractivity contribution is 6.48. The molecule has 0 atom stereocenters. The molecule has 0 saturated carbocycles. The number of benzene rings is 2. The van der Waals surface area contributed by atoms with Crippen LogP contribution in [0.2, 0.25) is 20.1 Å². The normalized spacial score (nSPS) is 12.2. The molecule has 0 aromatic heterocycles. The minimum atomic E-state index is 0.222.